The van der Waals surface area contributed by atoms with Gasteiger partial charge < -0.3 is 9.47 Å². The zero-order valence-electron chi connectivity index (χ0n) is 21.6. The molecule has 196 valence electrons. The topological polar surface area (TPSA) is 97.3 Å². The van der Waals surface area contributed by atoms with Crippen LogP contribution in [0.25, 0.3) is 0 Å². The Morgan fingerprint density at radius 1 is 0.946 bits per heavy atom. The number of anilines is 1. The maximum absolute atomic E-state index is 13.5. The highest BCUT2D eigenvalue weighted by Crippen LogP contribution is 2.28. The number of hydrazone groups is 1. The third kappa shape index (κ3) is 7.57. The molecule has 1 N–H and O–H groups in total. The fourth-order valence-electron chi connectivity index (χ4n) is 3.68. The number of rotatable bonds is 12. The first-order chi connectivity index (χ1) is 17.7. The van der Waals surface area contributed by atoms with Crippen molar-refractivity contribution in [1.29, 1.82) is 0 Å². The van der Waals surface area contributed by atoms with E-state index < -0.39 is 22.5 Å². The van der Waals surface area contributed by atoms with Crippen LogP contribution < -0.4 is 19.2 Å². The Kier molecular flexibility index (Phi) is 9.68. The van der Waals surface area contributed by atoms with Gasteiger partial charge in [0.05, 0.1) is 30.0 Å². The second kappa shape index (κ2) is 12.9. The molecule has 1 amide bonds. The molecular formula is C28H33N3O5S. The second-order valence-corrected chi connectivity index (χ2v) is 10.3. The van der Waals surface area contributed by atoms with E-state index in [2.05, 4.69) is 10.5 Å². The van der Waals surface area contributed by atoms with Crippen molar-refractivity contribution in [3.63, 3.8) is 0 Å². The minimum Gasteiger partial charge on any atom is -0.490 e. The van der Waals surface area contributed by atoms with E-state index in [-0.39, 0.29) is 4.90 Å². The molecule has 0 saturated carbocycles. The number of hydrogen-bond donors (Lipinski definition) is 1. The number of carbonyl (C=O) groups is 1. The number of amides is 1. The number of nitrogens with zero attached hydrogens (tertiary/aromatic N) is 2. The molecule has 0 aliphatic heterocycles. The van der Waals surface area contributed by atoms with Crippen LogP contribution in [0.2, 0.25) is 0 Å². The molecule has 0 aliphatic rings. The van der Waals surface area contributed by atoms with E-state index in [1.165, 1.54) is 18.3 Å². The number of hydrogen-bond acceptors (Lipinski definition) is 6. The average molecular weight is 524 g/mol. The van der Waals surface area contributed by atoms with Gasteiger partial charge in [-0.3, -0.25) is 9.10 Å². The number of ether oxygens (including phenoxy) is 2. The SMILES string of the molecule is CCCOc1ccc(/C=N\NC(=O)CN(c2cc(C)cc(C)c2)S(=O)(=O)c2ccccc2)cc1OCC. The van der Waals surface area contributed by atoms with Crippen molar-refractivity contribution in [1.82, 2.24) is 5.43 Å². The molecule has 0 fully saturated rings. The van der Waals surface area contributed by atoms with Gasteiger partial charge in [-0.15, -0.1) is 0 Å². The van der Waals surface area contributed by atoms with Crippen molar-refractivity contribution >= 4 is 27.8 Å². The molecule has 0 aliphatic carbocycles. The van der Waals surface area contributed by atoms with Crippen LogP contribution in [0, 0.1) is 13.8 Å². The van der Waals surface area contributed by atoms with Crippen molar-refractivity contribution in [2.45, 2.75) is 39.0 Å². The van der Waals surface area contributed by atoms with Gasteiger partial charge in [0, 0.05) is 0 Å². The van der Waals surface area contributed by atoms with Crippen LogP contribution in [0.4, 0.5) is 5.69 Å². The quantitative estimate of drug-likeness (QED) is 0.271. The van der Waals surface area contributed by atoms with Crippen LogP contribution in [0.3, 0.4) is 0 Å². The van der Waals surface area contributed by atoms with Gasteiger partial charge in [-0.1, -0.05) is 31.2 Å². The van der Waals surface area contributed by atoms with Crippen molar-refractivity contribution in [3.8, 4) is 11.5 Å². The predicted molar refractivity (Wildman–Crippen MR) is 146 cm³/mol. The molecule has 0 bridgehead atoms. The average Bonchev–Trinajstić information content (AvgIpc) is 2.87. The Morgan fingerprint density at radius 2 is 1.65 bits per heavy atom. The van der Waals surface area contributed by atoms with Gasteiger partial charge in [-0.05, 0) is 86.3 Å². The normalized spacial score (nSPS) is 11.4. The molecule has 3 aromatic carbocycles. The molecule has 37 heavy (non-hydrogen) atoms. The van der Waals surface area contributed by atoms with Gasteiger partial charge in [-0.2, -0.15) is 5.10 Å². The molecule has 0 radical (unpaired) electrons. The monoisotopic (exact) mass is 523 g/mol. The summed E-state index contributed by atoms with van der Waals surface area (Å²) in [5.41, 5.74) is 5.31. The van der Waals surface area contributed by atoms with Crippen LogP contribution in [-0.2, 0) is 14.8 Å². The van der Waals surface area contributed by atoms with Gasteiger partial charge in [0.2, 0.25) is 0 Å². The Labute approximate surface area is 219 Å². The molecule has 9 heteroatoms. The van der Waals surface area contributed by atoms with Crippen molar-refractivity contribution in [3.05, 3.63) is 83.4 Å². The summed E-state index contributed by atoms with van der Waals surface area (Å²) in [6.07, 6.45) is 2.34. The highest BCUT2D eigenvalue weighted by molar-refractivity contribution is 7.92. The Balaban J connectivity index is 1.80. The van der Waals surface area contributed by atoms with Gasteiger partial charge in [0.15, 0.2) is 11.5 Å². The van der Waals surface area contributed by atoms with E-state index in [9.17, 15) is 13.2 Å². The molecule has 0 unspecified atom stereocenters. The lowest BCUT2D eigenvalue weighted by atomic mass is 10.1. The van der Waals surface area contributed by atoms with E-state index in [1.807, 2.05) is 33.8 Å². The van der Waals surface area contributed by atoms with E-state index in [0.717, 1.165) is 21.9 Å². The van der Waals surface area contributed by atoms with Gasteiger partial charge in [0.25, 0.3) is 15.9 Å². The lowest BCUT2D eigenvalue weighted by Crippen LogP contribution is -2.39. The molecular weight excluding hydrogens is 490 g/mol. The fourth-order valence-corrected chi connectivity index (χ4v) is 5.10. The maximum atomic E-state index is 13.5. The van der Waals surface area contributed by atoms with Crippen molar-refractivity contribution in [2.24, 2.45) is 5.10 Å². The Bertz CT molecular complexity index is 1320. The number of carbonyl (C=O) groups excluding carboxylic acids is 1. The molecule has 0 atom stereocenters. The zero-order valence-corrected chi connectivity index (χ0v) is 22.4. The molecule has 0 heterocycles. The molecule has 0 spiro atoms. The number of nitrogens with one attached hydrogen (secondary N) is 1. The van der Waals surface area contributed by atoms with E-state index in [1.54, 1.807) is 48.5 Å². The summed E-state index contributed by atoms with van der Waals surface area (Å²) in [5.74, 6) is 0.643. The molecule has 0 aromatic heterocycles. The van der Waals surface area contributed by atoms with E-state index >= 15 is 0 Å². The van der Waals surface area contributed by atoms with Gasteiger partial charge >= 0.3 is 0 Å². The van der Waals surface area contributed by atoms with Crippen LogP contribution in [-0.4, -0.2) is 40.3 Å². The zero-order chi connectivity index (χ0) is 26.8. The van der Waals surface area contributed by atoms with Crippen molar-refractivity contribution < 1.29 is 22.7 Å². The first-order valence-electron chi connectivity index (χ1n) is 12.1. The summed E-state index contributed by atoms with van der Waals surface area (Å²) in [4.78, 5) is 12.9. The number of benzene rings is 3. The molecule has 3 aromatic rings. The van der Waals surface area contributed by atoms with E-state index in [0.29, 0.717) is 36.0 Å². The summed E-state index contributed by atoms with van der Waals surface area (Å²) in [5, 5.41) is 4.03. The lowest BCUT2D eigenvalue weighted by molar-refractivity contribution is -0.119. The lowest BCUT2D eigenvalue weighted by Gasteiger charge is -2.24. The summed E-state index contributed by atoms with van der Waals surface area (Å²) >= 11 is 0. The van der Waals surface area contributed by atoms with Crippen molar-refractivity contribution in [2.75, 3.05) is 24.1 Å². The first kappa shape index (κ1) is 27.7. The maximum Gasteiger partial charge on any atom is 0.264 e. The summed E-state index contributed by atoms with van der Waals surface area (Å²) in [6.45, 7) is 8.28. The molecule has 0 saturated heterocycles. The minimum absolute atomic E-state index is 0.0966. The number of aryl methyl sites for hydroxylation is 2. The highest BCUT2D eigenvalue weighted by Gasteiger charge is 2.27. The van der Waals surface area contributed by atoms with Gasteiger partial charge in [0.1, 0.15) is 6.54 Å². The molecule has 8 nitrogen and oxygen atoms in total. The Morgan fingerprint density at radius 3 is 2.30 bits per heavy atom. The first-order valence-corrected chi connectivity index (χ1v) is 13.6. The minimum atomic E-state index is -3.99. The fraction of sp³-hybridized carbons (Fsp3) is 0.286. The third-order valence-electron chi connectivity index (χ3n) is 5.25. The summed E-state index contributed by atoms with van der Waals surface area (Å²) in [7, 11) is -3.99. The molecule has 3 rings (SSSR count). The standard InChI is InChI=1S/C28H33N3O5S/c1-5-14-36-26-13-12-23(18-27(26)35-6-2)19-29-30-28(32)20-31(24-16-21(3)15-22(4)17-24)37(33,34)25-10-8-7-9-11-25/h7-13,15-19H,5-6,14,20H2,1-4H3,(H,30,32)/b29-19-. The smallest absolute Gasteiger partial charge is 0.264 e. The Hall–Kier alpha value is -3.85. The summed E-state index contributed by atoms with van der Waals surface area (Å²) in [6, 6.07) is 18.8. The van der Waals surface area contributed by atoms with Crippen LogP contribution in [0.5, 0.6) is 11.5 Å². The highest BCUT2D eigenvalue weighted by atomic mass is 32.2. The van der Waals surface area contributed by atoms with Crippen LogP contribution in [0.1, 0.15) is 37.0 Å². The summed E-state index contributed by atoms with van der Waals surface area (Å²) < 4.78 is 39.4. The number of sulfonamides is 1. The predicted octanol–water partition coefficient (Wildman–Crippen LogP) is 4.84. The van der Waals surface area contributed by atoms with Gasteiger partial charge in [-0.25, -0.2) is 13.8 Å². The largest absolute Gasteiger partial charge is 0.490 e. The second-order valence-electron chi connectivity index (χ2n) is 8.45. The van der Waals surface area contributed by atoms with Crippen LogP contribution >= 0.6 is 0 Å². The van der Waals surface area contributed by atoms with E-state index in [4.69, 9.17) is 9.47 Å². The third-order valence-corrected chi connectivity index (χ3v) is 7.03. The van der Waals surface area contributed by atoms with Crippen LogP contribution in [0.15, 0.2) is 76.7 Å².